The van der Waals surface area contributed by atoms with Crippen molar-refractivity contribution in [2.75, 3.05) is 12.0 Å². The summed E-state index contributed by atoms with van der Waals surface area (Å²) in [5.41, 5.74) is 7.88. The number of nitrogens with two attached hydrogens (primary N) is 1. The summed E-state index contributed by atoms with van der Waals surface area (Å²) >= 11 is 1.56. The number of imidazole rings is 2. The number of hydrogen-bond donors (Lipinski definition) is 7. The molecule has 13 nitrogen and oxygen atoms in total. The largest absolute Gasteiger partial charge is 0.480 e. The summed E-state index contributed by atoms with van der Waals surface area (Å²) < 4.78 is 0. The molecule has 0 radical (unpaired) electrons. The number of carboxylic acid groups (broad SMARTS) is 1. The van der Waals surface area contributed by atoms with Gasteiger partial charge in [-0.1, -0.05) is 30.3 Å². The molecule has 0 aliphatic rings. The lowest BCUT2D eigenvalue weighted by molar-refractivity contribution is -0.142. The van der Waals surface area contributed by atoms with Crippen LogP contribution in [0, 0.1) is 0 Å². The van der Waals surface area contributed by atoms with Crippen LogP contribution in [0.5, 0.6) is 0 Å². The van der Waals surface area contributed by atoms with Crippen LogP contribution in [0.4, 0.5) is 0 Å². The number of H-pyrrole nitrogens is 2. The molecule has 0 saturated carbocycles. The van der Waals surface area contributed by atoms with Crippen LogP contribution in [0.2, 0.25) is 0 Å². The van der Waals surface area contributed by atoms with Gasteiger partial charge in [-0.25, -0.2) is 14.8 Å². The van der Waals surface area contributed by atoms with Gasteiger partial charge in [-0.15, -0.1) is 0 Å². The highest BCUT2D eigenvalue weighted by atomic mass is 32.2. The van der Waals surface area contributed by atoms with E-state index in [2.05, 4.69) is 35.9 Å². The molecule has 3 rings (SSSR count). The Bertz CT molecular complexity index is 1220. The molecule has 0 saturated heterocycles. The number of carbonyl (C=O) groups is 4. The highest BCUT2D eigenvalue weighted by molar-refractivity contribution is 7.98. The number of amides is 3. The van der Waals surface area contributed by atoms with Crippen LogP contribution < -0.4 is 21.7 Å². The van der Waals surface area contributed by atoms with Crippen molar-refractivity contribution in [3.05, 3.63) is 72.3 Å². The molecule has 4 unspecified atom stereocenters. The maximum Gasteiger partial charge on any atom is 0.326 e. The molecule has 214 valence electrons. The molecule has 0 aliphatic carbocycles. The average Bonchev–Trinajstić information content (AvgIpc) is 3.65. The van der Waals surface area contributed by atoms with Gasteiger partial charge in [-0.05, 0) is 24.0 Å². The zero-order chi connectivity index (χ0) is 28.9. The highest BCUT2D eigenvalue weighted by Crippen LogP contribution is 2.08. The number of aromatic nitrogens is 4. The first-order valence-corrected chi connectivity index (χ1v) is 14.0. The Hall–Kier alpha value is -4.17. The van der Waals surface area contributed by atoms with E-state index in [1.54, 1.807) is 11.8 Å². The Morgan fingerprint density at radius 3 is 1.90 bits per heavy atom. The lowest BCUT2D eigenvalue weighted by Gasteiger charge is -2.25. The van der Waals surface area contributed by atoms with Crippen molar-refractivity contribution in [2.24, 2.45) is 5.73 Å². The van der Waals surface area contributed by atoms with Gasteiger partial charge in [0, 0.05) is 43.0 Å². The van der Waals surface area contributed by atoms with Crippen LogP contribution in [0.3, 0.4) is 0 Å². The smallest absolute Gasteiger partial charge is 0.326 e. The van der Waals surface area contributed by atoms with E-state index < -0.39 is 47.9 Å². The topological polar surface area (TPSA) is 208 Å². The third-order valence-corrected chi connectivity index (χ3v) is 6.73. The minimum Gasteiger partial charge on any atom is -0.480 e. The van der Waals surface area contributed by atoms with E-state index in [1.807, 2.05) is 36.6 Å². The van der Waals surface area contributed by atoms with E-state index in [4.69, 9.17) is 5.73 Å². The molecule has 3 aromatic rings. The quantitative estimate of drug-likeness (QED) is 0.121. The van der Waals surface area contributed by atoms with Crippen LogP contribution >= 0.6 is 11.8 Å². The third-order valence-electron chi connectivity index (χ3n) is 6.09. The predicted molar refractivity (Wildman–Crippen MR) is 149 cm³/mol. The van der Waals surface area contributed by atoms with Gasteiger partial charge in [-0.2, -0.15) is 11.8 Å². The van der Waals surface area contributed by atoms with E-state index in [9.17, 15) is 24.3 Å². The predicted octanol–water partition coefficient (Wildman–Crippen LogP) is -0.220. The molecule has 40 heavy (non-hydrogen) atoms. The fraction of sp³-hybridized carbons (Fsp3) is 0.385. The van der Waals surface area contributed by atoms with Gasteiger partial charge in [-0.3, -0.25) is 14.4 Å². The highest BCUT2D eigenvalue weighted by Gasteiger charge is 2.31. The summed E-state index contributed by atoms with van der Waals surface area (Å²) in [4.78, 5) is 65.1. The molecular weight excluding hydrogens is 536 g/mol. The van der Waals surface area contributed by atoms with Crippen molar-refractivity contribution in [1.29, 1.82) is 0 Å². The van der Waals surface area contributed by atoms with Gasteiger partial charge in [0.25, 0.3) is 0 Å². The molecule has 4 atom stereocenters. The van der Waals surface area contributed by atoms with Crippen LogP contribution in [0.25, 0.3) is 0 Å². The molecule has 2 heterocycles. The first kappa shape index (κ1) is 30.4. The van der Waals surface area contributed by atoms with Crippen molar-refractivity contribution in [2.45, 2.75) is 49.9 Å². The number of aliphatic carboxylic acids is 1. The zero-order valence-electron chi connectivity index (χ0n) is 22.0. The van der Waals surface area contributed by atoms with E-state index >= 15 is 0 Å². The number of nitrogens with zero attached hydrogens (tertiary/aromatic N) is 2. The number of carboxylic acids is 1. The van der Waals surface area contributed by atoms with E-state index in [0.717, 1.165) is 5.56 Å². The van der Waals surface area contributed by atoms with E-state index in [0.29, 0.717) is 23.6 Å². The van der Waals surface area contributed by atoms with Crippen LogP contribution in [0.1, 0.15) is 23.4 Å². The van der Waals surface area contributed by atoms with E-state index in [-0.39, 0.29) is 19.3 Å². The van der Waals surface area contributed by atoms with Gasteiger partial charge in [0.1, 0.15) is 18.1 Å². The minimum absolute atomic E-state index is 0.00715. The molecule has 3 amide bonds. The number of rotatable bonds is 16. The molecule has 0 aliphatic heterocycles. The van der Waals surface area contributed by atoms with Crippen molar-refractivity contribution in [3.63, 3.8) is 0 Å². The van der Waals surface area contributed by atoms with Gasteiger partial charge in [0.05, 0.1) is 18.7 Å². The monoisotopic (exact) mass is 570 g/mol. The van der Waals surface area contributed by atoms with E-state index in [1.165, 1.54) is 25.0 Å². The van der Waals surface area contributed by atoms with Crippen molar-refractivity contribution >= 4 is 35.5 Å². The van der Waals surface area contributed by atoms with Gasteiger partial charge >= 0.3 is 5.97 Å². The first-order chi connectivity index (χ1) is 19.3. The maximum atomic E-state index is 13.5. The summed E-state index contributed by atoms with van der Waals surface area (Å²) in [7, 11) is 0. The first-order valence-electron chi connectivity index (χ1n) is 12.6. The number of benzene rings is 1. The third kappa shape index (κ3) is 9.54. The fourth-order valence-corrected chi connectivity index (χ4v) is 4.39. The summed E-state index contributed by atoms with van der Waals surface area (Å²) in [6.45, 7) is 0. The van der Waals surface area contributed by atoms with Crippen molar-refractivity contribution < 1.29 is 24.3 Å². The average molecular weight is 571 g/mol. The summed E-state index contributed by atoms with van der Waals surface area (Å²) in [6.07, 6.45) is 8.27. The molecule has 8 N–H and O–H groups in total. The van der Waals surface area contributed by atoms with Gasteiger partial charge in [0.15, 0.2) is 0 Å². The number of hydrogen-bond acceptors (Lipinski definition) is 8. The summed E-state index contributed by atoms with van der Waals surface area (Å²) in [5, 5.41) is 17.6. The van der Waals surface area contributed by atoms with Crippen molar-refractivity contribution in [3.8, 4) is 0 Å². The second-order valence-corrected chi connectivity index (χ2v) is 10.1. The molecular formula is C26H34N8O5S. The minimum atomic E-state index is -1.27. The van der Waals surface area contributed by atoms with Crippen LogP contribution in [0.15, 0.2) is 55.4 Å². The lowest BCUT2D eigenvalue weighted by Crippen LogP contribution is -2.58. The SMILES string of the molecule is CSCCC(N)C(=O)NC(Cc1ccccc1)C(=O)NC(Cc1cnc[nH]1)C(=O)NC(Cc1cnc[nH]1)C(=O)O. The van der Waals surface area contributed by atoms with Gasteiger partial charge < -0.3 is 36.8 Å². The number of aromatic amines is 2. The normalized spacial score (nSPS) is 13.9. The lowest BCUT2D eigenvalue weighted by atomic mass is 10.0. The Balaban J connectivity index is 1.79. The second kappa shape index (κ2) is 15.4. The molecule has 2 aromatic heterocycles. The zero-order valence-corrected chi connectivity index (χ0v) is 22.8. The summed E-state index contributed by atoms with van der Waals surface area (Å²) in [6, 6.07) is 4.83. The van der Waals surface area contributed by atoms with Crippen LogP contribution in [-0.4, -0.2) is 84.9 Å². The molecule has 14 heteroatoms. The number of nitrogens with one attached hydrogen (secondary N) is 5. The van der Waals surface area contributed by atoms with Crippen molar-refractivity contribution in [1.82, 2.24) is 35.9 Å². The number of thioether (sulfide) groups is 1. The Labute approximate surface area is 235 Å². The van der Waals surface area contributed by atoms with Crippen LogP contribution in [-0.2, 0) is 38.4 Å². The Morgan fingerprint density at radius 2 is 1.38 bits per heavy atom. The Morgan fingerprint density at radius 1 is 0.850 bits per heavy atom. The molecule has 0 spiro atoms. The molecule has 0 bridgehead atoms. The summed E-state index contributed by atoms with van der Waals surface area (Å²) in [5.74, 6) is -2.38. The second-order valence-electron chi connectivity index (χ2n) is 9.16. The Kier molecular flexibility index (Phi) is 11.7. The molecule has 0 fully saturated rings. The number of carbonyl (C=O) groups excluding carboxylic acids is 3. The molecule has 1 aromatic carbocycles. The van der Waals surface area contributed by atoms with Gasteiger partial charge in [0.2, 0.25) is 17.7 Å². The maximum absolute atomic E-state index is 13.5. The fourth-order valence-electron chi connectivity index (χ4n) is 3.90. The standard InChI is InChI=1S/C26H34N8O5S/c1-40-8-7-19(27)23(35)32-20(9-16-5-3-2-4-6-16)24(36)33-21(10-17-12-28-14-30-17)25(37)34-22(26(38)39)11-18-13-29-15-31-18/h2-6,12-15,19-22H,7-11,27H2,1H3,(H,28,30)(H,29,31)(H,32,35)(H,33,36)(H,34,37)(H,38,39).